The summed E-state index contributed by atoms with van der Waals surface area (Å²) in [6.07, 6.45) is 8.92. The first-order valence-electron chi connectivity index (χ1n) is 14.0. The van der Waals surface area contributed by atoms with E-state index in [1.807, 2.05) is 38.1 Å². The number of ketones is 2. The molecule has 4 heteroatoms. The summed E-state index contributed by atoms with van der Waals surface area (Å²) in [4.78, 5) is 28.3. The molecule has 0 aromatic heterocycles. The summed E-state index contributed by atoms with van der Waals surface area (Å²) in [6.45, 7) is 15.0. The van der Waals surface area contributed by atoms with Gasteiger partial charge in [-0.3, -0.25) is 9.59 Å². The zero-order chi connectivity index (χ0) is 29.0. The van der Waals surface area contributed by atoms with Gasteiger partial charge in [0.15, 0.2) is 11.6 Å². The molecule has 0 bridgehead atoms. The van der Waals surface area contributed by atoms with Crippen molar-refractivity contribution < 1.29 is 19.1 Å². The van der Waals surface area contributed by atoms with Crippen LogP contribution >= 0.6 is 0 Å². The zero-order valence-corrected chi connectivity index (χ0v) is 25.4. The average molecular weight is 531 g/mol. The lowest BCUT2D eigenvalue weighted by molar-refractivity contribution is -0.113. The van der Waals surface area contributed by atoms with Crippen molar-refractivity contribution in [2.45, 2.75) is 87.0 Å². The second-order valence-corrected chi connectivity index (χ2v) is 12.4. The van der Waals surface area contributed by atoms with Crippen molar-refractivity contribution in [3.63, 3.8) is 0 Å². The highest BCUT2D eigenvalue weighted by Crippen LogP contribution is 2.54. The number of carbonyl (C=O) groups is 2. The molecule has 3 rings (SSSR count). The highest BCUT2D eigenvalue weighted by molar-refractivity contribution is 6.32. The minimum atomic E-state index is -0.808. The molecule has 0 radical (unpaired) electrons. The monoisotopic (exact) mass is 530 g/mol. The van der Waals surface area contributed by atoms with Crippen LogP contribution in [0.25, 0.3) is 0 Å². The van der Waals surface area contributed by atoms with E-state index in [9.17, 15) is 9.59 Å². The van der Waals surface area contributed by atoms with Gasteiger partial charge in [0.2, 0.25) is 0 Å². The number of methoxy groups -OCH3 is 2. The smallest absolute Gasteiger partial charge is 0.200 e. The maximum Gasteiger partial charge on any atom is 0.200 e. The van der Waals surface area contributed by atoms with Crippen LogP contribution in [0.1, 0.15) is 97.3 Å². The maximum atomic E-state index is 14.2. The highest BCUT2D eigenvalue weighted by Gasteiger charge is 2.51. The van der Waals surface area contributed by atoms with Gasteiger partial charge in [-0.05, 0) is 78.6 Å². The third kappa shape index (κ3) is 6.54. The van der Waals surface area contributed by atoms with Gasteiger partial charge < -0.3 is 9.47 Å². The van der Waals surface area contributed by atoms with Gasteiger partial charge in [-0.25, -0.2) is 0 Å². The Morgan fingerprint density at radius 2 is 1.56 bits per heavy atom. The quantitative estimate of drug-likeness (QED) is 0.172. The Balaban J connectivity index is 2.39. The predicted molar refractivity (Wildman–Crippen MR) is 159 cm³/mol. The van der Waals surface area contributed by atoms with Crippen LogP contribution in [0.5, 0.6) is 0 Å². The number of hydrogen-bond acceptors (Lipinski definition) is 4. The van der Waals surface area contributed by atoms with Gasteiger partial charge in [0.05, 0.1) is 19.6 Å². The van der Waals surface area contributed by atoms with Crippen LogP contribution in [-0.4, -0.2) is 25.8 Å². The molecule has 4 nitrogen and oxygen atoms in total. The summed E-state index contributed by atoms with van der Waals surface area (Å²) in [5, 5.41) is 0. The molecule has 1 aromatic carbocycles. The van der Waals surface area contributed by atoms with Crippen molar-refractivity contribution in [1.29, 1.82) is 0 Å². The maximum absolute atomic E-state index is 14.2. The summed E-state index contributed by atoms with van der Waals surface area (Å²) in [5.41, 5.74) is 5.59. The fourth-order valence-electron chi connectivity index (χ4n) is 6.07. The van der Waals surface area contributed by atoms with Crippen molar-refractivity contribution in [2.24, 2.45) is 10.8 Å². The van der Waals surface area contributed by atoms with Crippen molar-refractivity contribution >= 4 is 11.6 Å². The molecule has 1 atom stereocenters. The Morgan fingerprint density at radius 3 is 2.10 bits per heavy atom. The fourth-order valence-corrected chi connectivity index (χ4v) is 6.07. The fraction of sp³-hybridized carbons (Fsp3) is 0.486. The van der Waals surface area contributed by atoms with Crippen molar-refractivity contribution in [2.75, 3.05) is 14.2 Å². The van der Waals surface area contributed by atoms with Gasteiger partial charge in [-0.15, -0.1) is 0 Å². The van der Waals surface area contributed by atoms with E-state index < -0.39 is 5.41 Å². The predicted octanol–water partition coefficient (Wildman–Crippen LogP) is 8.87. The lowest BCUT2D eigenvalue weighted by atomic mass is 9.64. The molecule has 0 spiro atoms. The summed E-state index contributed by atoms with van der Waals surface area (Å²) in [6, 6.07) is 9.03. The second-order valence-electron chi connectivity index (χ2n) is 12.4. The van der Waals surface area contributed by atoms with E-state index in [4.69, 9.17) is 9.47 Å². The molecule has 210 valence electrons. The average Bonchev–Trinajstić information content (AvgIpc) is 2.88. The van der Waals surface area contributed by atoms with Crippen LogP contribution in [-0.2, 0) is 14.3 Å². The Hall–Kier alpha value is -3.14. The lowest BCUT2D eigenvalue weighted by Gasteiger charge is -2.43. The van der Waals surface area contributed by atoms with Crippen LogP contribution < -0.4 is 0 Å². The first-order valence-corrected chi connectivity index (χ1v) is 14.0. The molecule has 39 heavy (non-hydrogen) atoms. The second kappa shape index (κ2) is 12.4. The van der Waals surface area contributed by atoms with E-state index in [0.717, 1.165) is 30.4 Å². The van der Waals surface area contributed by atoms with Gasteiger partial charge in [-0.1, -0.05) is 78.6 Å². The van der Waals surface area contributed by atoms with E-state index in [1.54, 1.807) is 26.4 Å². The molecule has 0 N–H and O–H groups in total. The first kappa shape index (κ1) is 30.4. The Morgan fingerprint density at radius 1 is 0.949 bits per heavy atom. The van der Waals surface area contributed by atoms with Crippen LogP contribution in [0.3, 0.4) is 0 Å². The van der Waals surface area contributed by atoms with Crippen LogP contribution in [0.15, 0.2) is 87.4 Å². The molecule has 2 aliphatic rings. The summed E-state index contributed by atoms with van der Waals surface area (Å²) in [7, 11) is 3.22. The van der Waals surface area contributed by atoms with E-state index in [2.05, 4.69) is 40.7 Å². The number of ether oxygens (including phenoxy) is 2. The number of allylic oxidation sites excluding steroid dienone is 8. The minimum absolute atomic E-state index is 0.123. The van der Waals surface area contributed by atoms with Gasteiger partial charge in [-0.2, -0.15) is 0 Å². The van der Waals surface area contributed by atoms with E-state index >= 15 is 0 Å². The molecular weight excluding hydrogens is 484 g/mol. The van der Waals surface area contributed by atoms with Crippen LogP contribution in [0, 0.1) is 10.8 Å². The molecule has 1 aromatic rings. The number of benzene rings is 1. The lowest BCUT2D eigenvalue weighted by Crippen LogP contribution is -2.39. The largest absolute Gasteiger partial charge is 0.500 e. The SMILES string of the molecule is COC1=C(CC=C(C)C)C(=O)C(C(=O)c2ccccc2)=C(OC)C1(CC=C(C)C)CC1=C(C)CC(C)(C)CC1. The topological polar surface area (TPSA) is 52.6 Å². The third-order valence-electron chi connectivity index (χ3n) is 8.08. The van der Waals surface area contributed by atoms with Gasteiger partial charge >= 0.3 is 0 Å². The van der Waals surface area contributed by atoms with Crippen LogP contribution in [0.2, 0.25) is 0 Å². The van der Waals surface area contributed by atoms with E-state index in [0.29, 0.717) is 41.9 Å². The minimum Gasteiger partial charge on any atom is -0.500 e. The third-order valence-corrected chi connectivity index (χ3v) is 8.08. The molecule has 0 aliphatic heterocycles. The van der Waals surface area contributed by atoms with Gasteiger partial charge in [0.1, 0.15) is 17.1 Å². The van der Waals surface area contributed by atoms with Gasteiger partial charge in [0.25, 0.3) is 0 Å². The molecule has 0 saturated carbocycles. The molecule has 0 fully saturated rings. The number of hydrogen-bond donors (Lipinski definition) is 0. The number of Topliss-reactive ketones (excluding diaryl/α,β-unsaturated/α-hetero) is 2. The van der Waals surface area contributed by atoms with E-state index in [-0.39, 0.29) is 22.6 Å². The molecule has 1 unspecified atom stereocenters. The van der Waals surface area contributed by atoms with Crippen molar-refractivity contribution in [3.05, 3.63) is 93.0 Å². The van der Waals surface area contributed by atoms with Crippen molar-refractivity contribution in [1.82, 2.24) is 0 Å². The first-order chi connectivity index (χ1) is 18.4. The molecule has 2 aliphatic carbocycles. The van der Waals surface area contributed by atoms with Crippen LogP contribution in [0.4, 0.5) is 0 Å². The van der Waals surface area contributed by atoms with Gasteiger partial charge in [0, 0.05) is 11.1 Å². The number of rotatable bonds is 10. The Labute approximate surface area is 235 Å². The normalized spacial score (nSPS) is 21.1. The summed E-state index contributed by atoms with van der Waals surface area (Å²) < 4.78 is 12.3. The molecule has 0 amide bonds. The van der Waals surface area contributed by atoms with Crippen molar-refractivity contribution in [3.8, 4) is 0 Å². The molecular formula is C35H46O4. The van der Waals surface area contributed by atoms with E-state index in [1.165, 1.54) is 11.1 Å². The standard InChI is InChI=1S/C35H46O4/c1-23(2)15-16-28-31(37)29(30(36)26-13-11-10-12-14-26)33(39-9)35(32(28)38-8,20-17-24(3)4)22-27-18-19-34(6,7)21-25(27)5/h10-15,17H,16,18-22H2,1-9H3. The number of carbonyl (C=O) groups excluding carboxylic acids is 2. The molecule has 0 saturated heterocycles. The Bertz CT molecular complexity index is 1260. The summed E-state index contributed by atoms with van der Waals surface area (Å²) in [5.74, 6) is 0.425. The molecule has 0 heterocycles. The highest BCUT2D eigenvalue weighted by atomic mass is 16.5. The summed E-state index contributed by atoms with van der Waals surface area (Å²) >= 11 is 0. The Kier molecular flexibility index (Phi) is 9.64. The zero-order valence-electron chi connectivity index (χ0n) is 25.4.